The highest BCUT2D eigenvalue weighted by Gasteiger charge is 2.38. The van der Waals surface area contributed by atoms with Crippen molar-refractivity contribution in [3.63, 3.8) is 0 Å². The molecule has 0 spiro atoms. The van der Waals surface area contributed by atoms with Gasteiger partial charge < -0.3 is 10.6 Å². The van der Waals surface area contributed by atoms with Gasteiger partial charge in [-0.05, 0) is 56.7 Å². The highest BCUT2D eigenvalue weighted by Crippen LogP contribution is 2.26. The average molecular weight is 459 g/mol. The van der Waals surface area contributed by atoms with Crippen LogP contribution in [-0.2, 0) is 19.6 Å². The predicted molar refractivity (Wildman–Crippen MR) is 125 cm³/mol. The summed E-state index contributed by atoms with van der Waals surface area (Å²) in [5.41, 5.74) is 2.31. The van der Waals surface area contributed by atoms with Crippen molar-refractivity contribution in [1.82, 2.24) is 9.21 Å². The van der Waals surface area contributed by atoms with Crippen molar-refractivity contribution in [2.24, 2.45) is 0 Å². The number of aryl methyl sites for hydroxylation is 1. The van der Waals surface area contributed by atoms with E-state index in [9.17, 15) is 18.0 Å². The van der Waals surface area contributed by atoms with Crippen LogP contribution >= 0.6 is 0 Å². The molecule has 1 saturated heterocycles. The number of amides is 2. The molecule has 0 aromatic heterocycles. The molecule has 1 aliphatic rings. The average Bonchev–Trinajstić information content (AvgIpc) is 2.69. The van der Waals surface area contributed by atoms with Gasteiger partial charge in [-0.15, -0.1) is 0 Å². The maximum Gasteiger partial charge on any atom is 0.243 e. The van der Waals surface area contributed by atoms with Gasteiger partial charge in [-0.2, -0.15) is 4.31 Å². The van der Waals surface area contributed by atoms with Gasteiger partial charge >= 0.3 is 0 Å². The largest absolute Gasteiger partial charge is 0.326 e. The van der Waals surface area contributed by atoms with Crippen LogP contribution in [0.1, 0.15) is 26.3 Å². The minimum atomic E-state index is -3.72. The lowest BCUT2D eigenvalue weighted by molar-refractivity contribution is -0.118. The molecule has 32 heavy (non-hydrogen) atoms. The van der Waals surface area contributed by atoms with E-state index >= 15 is 0 Å². The Kier molecular flexibility index (Phi) is 7.33. The SMILES string of the molecule is CC(=O)Nc1ccc(S(=O)(=O)N2C(C)CN(CC(=O)Nc3ccccc3C)CC2C)cc1. The number of carbonyl (C=O) groups excluding carboxylic acids is 2. The first kappa shape index (κ1) is 23.9. The molecule has 1 aliphatic heterocycles. The van der Waals surface area contributed by atoms with Crippen LogP contribution in [0.5, 0.6) is 0 Å². The van der Waals surface area contributed by atoms with Gasteiger partial charge in [-0.3, -0.25) is 14.5 Å². The maximum absolute atomic E-state index is 13.3. The molecular weight excluding hydrogens is 428 g/mol. The standard InChI is InChI=1S/C23H30N4O4S/c1-16-7-5-6-8-22(16)25-23(29)15-26-13-17(2)27(18(3)14-26)32(30,31)21-11-9-20(10-12-21)24-19(4)28/h5-12,17-18H,13-15H2,1-4H3,(H,24,28)(H,25,29). The van der Waals surface area contributed by atoms with E-state index in [1.807, 2.05) is 49.9 Å². The smallest absolute Gasteiger partial charge is 0.243 e. The van der Waals surface area contributed by atoms with E-state index in [0.29, 0.717) is 18.8 Å². The number of carbonyl (C=O) groups is 2. The lowest BCUT2D eigenvalue weighted by Gasteiger charge is -2.43. The molecule has 0 radical (unpaired) electrons. The second-order valence-electron chi connectivity index (χ2n) is 8.30. The lowest BCUT2D eigenvalue weighted by Crippen LogP contribution is -2.59. The number of hydrogen-bond donors (Lipinski definition) is 2. The van der Waals surface area contributed by atoms with Crippen LogP contribution in [0.3, 0.4) is 0 Å². The van der Waals surface area contributed by atoms with Crippen molar-refractivity contribution in [2.75, 3.05) is 30.3 Å². The van der Waals surface area contributed by atoms with Gasteiger partial charge in [-0.25, -0.2) is 8.42 Å². The monoisotopic (exact) mass is 458 g/mol. The van der Waals surface area contributed by atoms with E-state index in [1.165, 1.54) is 23.4 Å². The van der Waals surface area contributed by atoms with E-state index in [4.69, 9.17) is 0 Å². The fourth-order valence-corrected chi connectivity index (χ4v) is 5.97. The highest BCUT2D eigenvalue weighted by atomic mass is 32.2. The molecule has 2 atom stereocenters. The number of piperazine rings is 1. The van der Waals surface area contributed by atoms with E-state index < -0.39 is 10.0 Å². The second-order valence-corrected chi connectivity index (χ2v) is 10.1. The van der Waals surface area contributed by atoms with Crippen LogP contribution < -0.4 is 10.6 Å². The first-order valence-corrected chi connectivity index (χ1v) is 12.0. The highest BCUT2D eigenvalue weighted by molar-refractivity contribution is 7.89. The normalized spacial score (nSPS) is 20.0. The number of rotatable bonds is 6. The molecule has 2 unspecified atom stereocenters. The summed E-state index contributed by atoms with van der Waals surface area (Å²) in [6, 6.07) is 13.2. The van der Waals surface area contributed by atoms with Crippen molar-refractivity contribution in [2.45, 2.75) is 44.7 Å². The van der Waals surface area contributed by atoms with Crippen molar-refractivity contribution >= 4 is 33.2 Å². The zero-order chi connectivity index (χ0) is 23.5. The summed E-state index contributed by atoms with van der Waals surface area (Å²) >= 11 is 0. The Morgan fingerprint density at radius 1 is 0.969 bits per heavy atom. The minimum Gasteiger partial charge on any atom is -0.326 e. The van der Waals surface area contributed by atoms with Crippen molar-refractivity contribution in [3.05, 3.63) is 54.1 Å². The number of nitrogens with zero attached hydrogens (tertiary/aromatic N) is 2. The van der Waals surface area contributed by atoms with E-state index in [2.05, 4.69) is 10.6 Å². The summed E-state index contributed by atoms with van der Waals surface area (Å²) in [6.07, 6.45) is 0. The molecule has 2 amide bonds. The Morgan fingerprint density at radius 3 is 2.12 bits per heavy atom. The number of sulfonamides is 1. The molecule has 2 aromatic rings. The van der Waals surface area contributed by atoms with Crippen molar-refractivity contribution in [3.8, 4) is 0 Å². The Hall–Kier alpha value is -2.75. The number of hydrogen-bond acceptors (Lipinski definition) is 5. The van der Waals surface area contributed by atoms with E-state index in [1.54, 1.807) is 12.1 Å². The summed E-state index contributed by atoms with van der Waals surface area (Å²) in [5.74, 6) is -0.339. The zero-order valence-electron chi connectivity index (χ0n) is 18.8. The number of benzene rings is 2. The molecule has 1 heterocycles. The summed E-state index contributed by atoms with van der Waals surface area (Å²) in [6.45, 7) is 8.14. The number of para-hydroxylation sites is 1. The van der Waals surface area contributed by atoms with Gasteiger partial charge in [0.05, 0.1) is 11.4 Å². The van der Waals surface area contributed by atoms with E-state index in [-0.39, 0.29) is 35.3 Å². The van der Waals surface area contributed by atoms with Crippen molar-refractivity contribution in [1.29, 1.82) is 0 Å². The Labute approximate surface area is 189 Å². The molecule has 2 N–H and O–H groups in total. The molecule has 0 bridgehead atoms. The lowest BCUT2D eigenvalue weighted by atomic mass is 10.1. The molecule has 1 fully saturated rings. The van der Waals surface area contributed by atoms with Gasteiger partial charge in [-0.1, -0.05) is 18.2 Å². The van der Waals surface area contributed by atoms with Gasteiger partial charge in [0.1, 0.15) is 0 Å². The van der Waals surface area contributed by atoms with Crippen LogP contribution in [0, 0.1) is 6.92 Å². The van der Waals surface area contributed by atoms with Crippen molar-refractivity contribution < 1.29 is 18.0 Å². The summed E-state index contributed by atoms with van der Waals surface area (Å²) < 4.78 is 28.1. The van der Waals surface area contributed by atoms with Crippen LogP contribution in [0.2, 0.25) is 0 Å². The van der Waals surface area contributed by atoms with Crippen LogP contribution in [0.25, 0.3) is 0 Å². The Balaban J connectivity index is 1.66. The maximum atomic E-state index is 13.3. The summed E-state index contributed by atoms with van der Waals surface area (Å²) in [5, 5.41) is 5.56. The second kappa shape index (κ2) is 9.81. The zero-order valence-corrected chi connectivity index (χ0v) is 19.6. The van der Waals surface area contributed by atoms with Crippen LogP contribution in [0.15, 0.2) is 53.4 Å². The minimum absolute atomic E-state index is 0.122. The molecular formula is C23H30N4O4S. The number of anilines is 2. The van der Waals surface area contributed by atoms with Gasteiger partial charge in [0.15, 0.2) is 0 Å². The Morgan fingerprint density at radius 2 is 1.56 bits per heavy atom. The first-order valence-electron chi connectivity index (χ1n) is 10.6. The third kappa shape index (κ3) is 5.53. The third-order valence-corrected chi connectivity index (χ3v) is 7.59. The van der Waals surface area contributed by atoms with Crippen LogP contribution in [0.4, 0.5) is 11.4 Å². The third-order valence-electron chi connectivity index (χ3n) is 5.45. The molecule has 2 aromatic carbocycles. The molecule has 3 rings (SSSR count). The first-order chi connectivity index (χ1) is 15.1. The fourth-order valence-electron chi connectivity index (χ4n) is 4.16. The molecule has 8 nitrogen and oxygen atoms in total. The summed E-state index contributed by atoms with van der Waals surface area (Å²) in [4.78, 5) is 25.9. The molecule has 9 heteroatoms. The molecule has 0 aliphatic carbocycles. The topological polar surface area (TPSA) is 98.8 Å². The Bertz CT molecular complexity index is 1070. The van der Waals surface area contributed by atoms with Gasteiger partial charge in [0.25, 0.3) is 0 Å². The van der Waals surface area contributed by atoms with Crippen LogP contribution in [-0.4, -0.2) is 61.2 Å². The quantitative estimate of drug-likeness (QED) is 0.694. The number of nitrogens with one attached hydrogen (secondary N) is 2. The molecule has 172 valence electrons. The van der Waals surface area contributed by atoms with Gasteiger partial charge in [0.2, 0.25) is 21.8 Å². The van der Waals surface area contributed by atoms with E-state index in [0.717, 1.165) is 11.3 Å². The predicted octanol–water partition coefficient (Wildman–Crippen LogP) is 2.68. The summed E-state index contributed by atoms with van der Waals surface area (Å²) in [7, 11) is -3.72. The van der Waals surface area contributed by atoms with Gasteiger partial charge in [0, 0.05) is 43.5 Å². The molecule has 0 saturated carbocycles. The fraction of sp³-hybridized carbons (Fsp3) is 0.391.